The molecule has 1 amide bonds. The van der Waals surface area contributed by atoms with Crippen molar-refractivity contribution in [3.05, 3.63) is 0 Å². The number of hydrogen-bond acceptors (Lipinski definition) is 5. The van der Waals surface area contributed by atoms with Crippen LogP contribution in [-0.2, 0) is 19.6 Å². The normalized spacial score (nSPS) is 19.5. The SMILES string of the molecule is CN=C(NCC(=O)NC1CCCCC1)N1CCN(S(=O)(=O)CCOC(C)C)CC1.I. The van der Waals surface area contributed by atoms with E-state index in [0.29, 0.717) is 32.1 Å². The number of nitrogens with zero attached hydrogens (tertiary/aromatic N) is 3. The first-order valence-electron chi connectivity index (χ1n) is 10.7. The second kappa shape index (κ2) is 13.7. The summed E-state index contributed by atoms with van der Waals surface area (Å²) in [5.74, 6) is 0.604. The van der Waals surface area contributed by atoms with Gasteiger partial charge >= 0.3 is 0 Å². The van der Waals surface area contributed by atoms with E-state index in [1.54, 1.807) is 7.05 Å². The van der Waals surface area contributed by atoms with Gasteiger partial charge in [0.05, 0.1) is 25.0 Å². The zero-order valence-electron chi connectivity index (χ0n) is 18.4. The lowest BCUT2D eigenvalue weighted by atomic mass is 9.95. The van der Waals surface area contributed by atoms with Gasteiger partial charge in [0, 0.05) is 39.3 Å². The molecule has 1 heterocycles. The number of halogens is 1. The Labute approximate surface area is 198 Å². The predicted molar refractivity (Wildman–Crippen MR) is 130 cm³/mol. The first-order valence-corrected chi connectivity index (χ1v) is 12.3. The number of aliphatic imine (C=N–C) groups is 1. The number of piperazine rings is 1. The van der Waals surface area contributed by atoms with Crippen LogP contribution in [-0.4, -0.2) is 93.8 Å². The molecule has 0 aromatic heterocycles. The van der Waals surface area contributed by atoms with E-state index in [1.807, 2.05) is 18.7 Å². The monoisotopic (exact) mass is 559 g/mol. The van der Waals surface area contributed by atoms with Crippen LogP contribution in [0.25, 0.3) is 0 Å². The lowest BCUT2D eigenvalue weighted by Gasteiger charge is -2.35. The van der Waals surface area contributed by atoms with Crippen molar-refractivity contribution in [1.82, 2.24) is 19.8 Å². The van der Waals surface area contributed by atoms with Gasteiger partial charge in [0.25, 0.3) is 0 Å². The van der Waals surface area contributed by atoms with Crippen molar-refractivity contribution in [1.29, 1.82) is 0 Å². The van der Waals surface area contributed by atoms with E-state index in [-0.39, 0.29) is 60.9 Å². The molecule has 0 aromatic rings. The maximum absolute atomic E-state index is 12.4. The minimum atomic E-state index is -3.32. The molecule has 0 aromatic carbocycles. The minimum Gasteiger partial charge on any atom is -0.378 e. The smallest absolute Gasteiger partial charge is 0.239 e. The van der Waals surface area contributed by atoms with Gasteiger partial charge in [-0.25, -0.2) is 8.42 Å². The van der Waals surface area contributed by atoms with E-state index in [1.165, 1.54) is 23.6 Å². The van der Waals surface area contributed by atoms with Gasteiger partial charge in [-0.1, -0.05) is 19.3 Å². The summed E-state index contributed by atoms with van der Waals surface area (Å²) in [6.45, 7) is 6.03. The highest BCUT2D eigenvalue weighted by Gasteiger charge is 2.28. The molecule has 1 saturated heterocycles. The third-order valence-corrected chi connectivity index (χ3v) is 7.15. The zero-order chi connectivity index (χ0) is 21.3. The number of guanidine groups is 1. The average Bonchev–Trinajstić information content (AvgIpc) is 2.69. The molecule has 2 N–H and O–H groups in total. The zero-order valence-corrected chi connectivity index (χ0v) is 21.6. The third-order valence-electron chi connectivity index (χ3n) is 5.31. The van der Waals surface area contributed by atoms with Gasteiger partial charge in [0.1, 0.15) is 0 Å². The molecule has 9 nitrogen and oxygen atoms in total. The molecular formula is C19H38IN5O4S. The summed E-state index contributed by atoms with van der Waals surface area (Å²) in [6, 6.07) is 0.286. The van der Waals surface area contributed by atoms with Crippen LogP contribution in [0.3, 0.4) is 0 Å². The summed E-state index contributed by atoms with van der Waals surface area (Å²) in [5.41, 5.74) is 0. The van der Waals surface area contributed by atoms with Crippen LogP contribution in [0.15, 0.2) is 4.99 Å². The van der Waals surface area contributed by atoms with Crippen molar-refractivity contribution in [3.8, 4) is 0 Å². The molecule has 0 spiro atoms. The highest BCUT2D eigenvalue weighted by atomic mass is 127. The third kappa shape index (κ3) is 9.23. The number of nitrogens with one attached hydrogen (secondary N) is 2. The van der Waals surface area contributed by atoms with E-state index in [4.69, 9.17) is 4.74 Å². The molecule has 1 aliphatic carbocycles. The number of hydrogen-bond donors (Lipinski definition) is 2. The average molecular weight is 560 g/mol. The summed E-state index contributed by atoms with van der Waals surface area (Å²) in [4.78, 5) is 18.4. The Morgan fingerprint density at radius 1 is 1.13 bits per heavy atom. The van der Waals surface area contributed by atoms with Crippen molar-refractivity contribution < 1.29 is 17.9 Å². The standard InChI is InChI=1S/C19H37N5O4S.HI/c1-16(2)28-13-14-29(26,27)24-11-9-23(10-12-24)19(20-3)21-15-18(25)22-17-7-5-4-6-8-17;/h16-17H,4-15H2,1-3H3,(H,20,21)(H,22,25);1H. The molecule has 0 unspecified atom stereocenters. The van der Waals surface area contributed by atoms with Crippen molar-refractivity contribution in [2.75, 3.05) is 52.1 Å². The lowest BCUT2D eigenvalue weighted by Crippen LogP contribution is -2.55. The Morgan fingerprint density at radius 3 is 2.33 bits per heavy atom. The number of sulfonamides is 1. The maximum atomic E-state index is 12.4. The molecule has 1 aliphatic heterocycles. The maximum Gasteiger partial charge on any atom is 0.239 e. The number of carbonyl (C=O) groups excluding carboxylic acids is 1. The molecule has 2 aliphatic rings. The fraction of sp³-hybridized carbons (Fsp3) is 0.895. The van der Waals surface area contributed by atoms with Gasteiger partial charge in [-0.15, -0.1) is 24.0 Å². The van der Waals surface area contributed by atoms with Gasteiger partial charge < -0.3 is 20.3 Å². The first-order chi connectivity index (χ1) is 13.8. The van der Waals surface area contributed by atoms with Crippen molar-refractivity contribution in [2.24, 2.45) is 4.99 Å². The summed E-state index contributed by atoms with van der Waals surface area (Å²) < 4.78 is 31.8. The van der Waals surface area contributed by atoms with Gasteiger partial charge in [-0.2, -0.15) is 4.31 Å². The Kier molecular flexibility index (Phi) is 12.5. The molecular weight excluding hydrogens is 521 g/mol. The van der Waals surface area contributed by atoms with Crippen LogP contribution >= 0.6 is 24.0 Å². The molecule has 0 radical (unpaired) electrons. The molecule has 2 rings (SSSR count). The van der Waals surface area contributed by atoms with Gasteiger partial charge in [0.15, 0.2) is 5.96 Å². The lowest BCUT2D eigenvalue weighted by molar-refractivity contribution is -0.120. The molecule has 2 fully saturated rings. The largest absolute Gasteiger partial charge is 0.378 e. The molecule has 176 valence electrons. The second-order valence-corrected chi connectivity index (χ2v) is 10.0. The van der Waals surface area contributed by atoms with Crippen molar-refractivity contribution in [2.45, 2.75) is 58.1 Å². The van der Waals surface area contributed by atoms with Gasteiger partial charge in [-0.3, -0.25) is 9.79 Å². The van der Waals surface area contributed by atoms with Gasteiger partial charge in [-0.05, 0) is 26.7 Å². The summed E-state index contributed by atoms with van der Waals surface area (Å²) >= 11 is 0. The van der Waals surface area contributed by atoms with Gasteiger partial charge in [0.2, 0.25) is 15.9 Å². The molecule has 0 atom stereocenters. The minimum absolute atomic E-state index is 0. The molecule has 30 heavy (non-hydrogen) atoms. The second-order valence-electron chi connectivity index (χ2n) is 7.92. The Morgan fingerprint density at radius 2 is 1.77 bits per heavy atom. The fourth-order valence-corrected chi connectivity index (χ4v) is 5.00. The topological polar surface area (TPSA) is 103 Å². The molecule has 0 bridgehead atoms. The van der Waals surface area contributed by atoms with E-state index in [0.717, 1.165) is 12.8 Å². The Bertz CT molecular complexity index is 645. The Balaban J connectivity index is 0.00000450. The number of ether oxygens (including phenoxy) is 1. The van der Waals surface area contributed by atoms with E-state index in [9.17, 15) is 13.2 Å². The highest BCUT2D eigenvalue weighted by Crippen LogP contribution is 2.17. The number of rotatable bonds is 8. The quantitative estimate of drug-likeness (QED) is 0.262. The van der Waals surface area contributed by atoms with Crippen LogP contribution in [0.5, 0.6) is 0 Å². The summed E-state index contributed by atoms with van der Waals surface area (Å²) in [7, 11) is -1.65. The van der Waals surface area contributed by atoms with Crippen molar-refractivity contribution in [3.63, 3.8) is 0 Å². The van der Waals surface area contributed by atoms with Crippen LogP contribution in [0, 0.1) is 0 Å². The molecule has 1 saturated carbocycles. The molecule has 11 heteroatoms. The van der Waals surface area contributed by atoms with Crippen LogP contribution in [0.1, 0.15) is 46.0 Å². The summed E-state index contributed by atoms with van der Waals surface area (Å²) in [5, 5.41) is 6.19. The highest BCUT2D eigenvalue weighted by molar-refractivity contribution is 14.0. The summed E-state index contributed by atoms with van der Waals surface area (Å²) in [6.07, 6.45) is 5.74. The van der Waals surface area contributed by atoms with Crippen LogP contribution < -0.4 is 10.6 Å². The Hall–Kier alpha value is -0.660. The van der Waals surface area contributed by atoms with E-state index < -0.39 is 10.0 Å². The van der Waals surface area contributed by atoms with E-state index in [2.05, 4.69) is 15.6 Å². The van der Waals surface area contributed by atoms with Crippen molar-refractivity contribution >= 4 is 45.9 Å². The predicted octanol–water partition coefficient (Wildman–Crippen LogP) is 1.00. The van der Waals surface area contributed by atoms with Crippen LogP contribution in [0.2, 0.25) is 0 Å². The van der Waals surface area contributed by atoms with E-state index >= 15 is 0 Å². The number of carbonyl (C=O) groups is 1. The fourth-order valence-electron chi connectivity index (χ4n) is 3.71. The number of amides is 1. The van der Waals surface area contributed by atoms with Crippen LogP contribution in [0.4, 0.5) is 0 Å². The first kappa shape index (κ1) is 27.4.